The first-order chi connectivity index (χ1) is 11.6. The van der Waals surface area contributed by atoms with Gasteiger partial charge in [0.1, 0.15) is 17.3 Å². The average molecular weight is 329 g/mol. The van der Waals surface area contributed by atoms with Crippen molar-refractivity contribution in [3.8, 4) is 11.5 Å². The van der Waals surface area contributed by atoms with E-state index in [9.17, 15) is 4.79 Å². The number of carbonyl (C=O) groups is 1. The number of amides is 1. The molecule has 0 bridgehead atoms. The number of ether oxygens (including phenoxy) is 2. The number of benzene rings is 1. The Morgan fingerprint density at radius 3 is 2.67 bits per heavy atom. The normalized spacial score (nSPS) is 11.5. The van der Waals surface area contributed by atoms with E-state index in [4.69, 9.17) is 9.47 Å². The zero-order valence-corrected chi connectivity index (χ0v) is 14.4. The largest absolute Gasteiger partial charge is 0.497 e. The number of nitrogens with zero attached hydrogens (tertiary/aromatic N) is 1. The summed E-state index contributed by atoms with van der Waals surface area (Å²) in [6.07, 6.45) is 2.48. The van der Waals surface area contributed by atoms with Crippen LogP contribution < -0.4 is 20.1 Å². The SMILES string of the molecule is CCC(C)NC(=O)c1ccnc(Nc2ccc(OC)cc2OC)c1. The van der Waals surface area contributed by atoms with Crippen LogP contribution in [0.3, 0.4) is 0 Å². The van der Waals surface area contributed by atoms with E-state index in [0.717, 1.165) is 12.1 Å². The van der Waals surface area contributed by atoms with Crippen LogP contribution in [0, 0.1) is 0 Å². The van der Waals surface area contributed by atoms with Crippen molar-refractivity contribution in [1.82, 2.24) is 10.3 Å². The highest BCUT2D eigenvalue weighted by molar-refractivity contribution is 5.95. The zero-order valence-electron chi connectivity index (χ0n) is 14.4. The Balaban J connectivity index is 2.19. The first-order valence-electron chi connectivity index (χ1n) is 7.83. The molecule has 0 fully saturated rings. The predicted molar refractivity (Wildman–Crippen MR) is 94.3 cm³/mol. The van der Waals surface area contributed by atoms with Crippen LogP contribution in [-0.4, -0.2) is 31.2 Å². The van der Waals surface area contributed by atoms with E-state index in [0.29, 0.717) is 22.9 Å². The van der Waals surface area contributed by atoms with Crippen LogP contribution in [0.25, 0.3) is 0 Å². The third kappa shape index (κ3) is 4.38. The van der Waals surface area contributed by atoms with E-state index in [1.54, 1.807) is 38.6 Å². The van der Waals surface area contributed by atoms with Gasteiger partial charge in [-0.15, -0.1) is 0 Å². The minimum Gasteiger partial charge on any atom is -0.497 e. The highest BCUT2D eigenvalue weighted by Gasteiger charge is 2.11. The van der Waals surface area contributed by atoms with Gasteiger partial charge in [0.2, 0.25) is 0 Å². The molecule has 2 rings (SSSR count). The van der Waals surface area contributed by atoms with Crippen molar-refractivity contribution in [1.29, 1.82) is 0 Å². The number of pyridine rings is 1. The van der Waals surface area contributed by atoms with Gasteiger partial charge >= 0.3 is 0 Å². The Morgan fingerprint density at radius 2 is 2.00 bits per heavy atom. The number of carbonyl (C=O) groups excluding carboxylic acids is 1. The Hall–Kier alpha value is -2.76. The second-order valence-electron chi connectivity index (χ2n) is 5.40. The monoisotopic (exact) mass is 329 g/mol. The van der Waals surface area contributed by atoms with Gasteiger partial charge in [-0.25, -0.2) is 4.98 Å². The first kappa shape index (κ1) is 17.6. The highest BCUT2D eigenvalue weighted by atomic mass is 16.5. The molecule has 2 aromatic rings. The summed E-state index contributed by atoms with van der Waals surface area (Å²) in [7, 11) is 3.19. The summed E-state index contributed by atoms with van der Waals surface area (Å²) in [6.45, 7) is 4.00. The van der Waals surface area contributed by atoms with E-state index < -0.39 is 0 Å². The molecule has 1 unspecified atom stereocenters. The lowest BCUT2D eigenvalue weighted by atomic mass is 10.2. The number of hydrogen-bond acceptors (Lipinski definition) is 5. The summed E-state index contributed by atoms with van der Waals surface area (Å²) < 4.78 is 10.5. The van der Waals surface area contributed by atoms with Crippen molar-refractivity contribution < 1.29 is 14.3 Å². The fraction of sp³-hybridized carbons (Fsp3) is 0.333. The minimum absolute atomic E-state index is 0.114. The van der Waals surface area contributed by atoms with Crippen molar-refractivity contribution in [3.63, 3.8) is 0 Å². The van der Waals surface area contributed by atoms with Crippen molar-refractivity contribution in [2.75, 3.05) is 19.5 Å². The molecule has 1 aromatic carbocycles. The average Bonchev–Trinajstić information content (AvgIpc) is 2.62. The second-order valence-corrected chi connectivity index (χ2v) is 5.40. The van der Waals surface area contributed by atoms with E-state index in [1.807, 2.05) is 26.0 Å². The van der Waals surface area contributed by atoms with E-state index in [1.165, 1.54) is 0 Å². The maximum Gasteiger partial charge on any atom is 0.251 e. The van der Waals surface area contributed by atoms with Crippen LogP contribution in [-0.2, 0) is 0 Å². The summed E-state index contributed by atoms with van der Waals surface area (Å²) in [5.41, 5.74) is 1.30. The highest BCUT2D eigenvalue weighted by Crippen LogP contribution is 2.31. The van der Waals surface area contributed by atoms with Crippen LogP contribution in [0.5, 0.6) is 11.5 Å². The Morgan fingerprint density at radius 1 is 1.21 bits per heavy atom. The van der Waals surface area contributed by atoms with Gasteiger partial charge in [0.25, 0.3) is 5.91 Å². The number of methoxy groups -OCH3 is 2. The smallest absolute Gasteiger partial charge is 0.251 e. The number of hydrogen-bond donors (Lipinski definition) is 2. The number of aromatic nitrogens is 1. The van der Waals surface area contributed by atoms with Crippen LogP contribution in [0.2, 0.25) is 0 Å². The van der Waals surface area contributed by atoms with Crippen LogP contribution >= 0.6 is 0 Å². The summed E-state index contributed by atoms with van der Waals surface area (Å²) in [6, 6.07) is 8.97. The fourth-order valence-electron chi connectivity index (χ4n) is 2.09. The van der Waals surface area contributed by atoms with E-state index in [-0.39, 0.29) is 11.9 Å². The molecule has 1 amide bonds. The molecule has 128 valence electrons. The lowest BCUT2D eigenvalue weighted by Crippen LogP contribution is -2.31. The number of rotatable bonds is 7. The molecule has 0 saturated heterocycles. The van der Waals surface area contributed by atoms with Gasteiger partial charge in [0.05, 0.1) is 19.9 Å². The minimum atomic E-state index is -0.114. The van der Waals surface area contributed by atoms with Crippen molar-refractivity contribution in [3.05, 3.63) is 42.1 Å². The second kappa shape index (κ2) is 8.19. The fourth-order valence-corrected chi connectivity index (χ4v) is 2.09. The van der Waals surface area contributed by atoms with Crippen molar-refractivity contribution >= 4 is 17.4 Å². The molecule has 0 aliphatic carbocycles. The van der Waals surface area contributed by atoms with Gasteiger partial charge in [0.15, 0.2) is 0 Å². The van der Waals surface area contributed by atoms with Crippen LogP contribution in [0.15, 0.2) is 36.5 Å². The third-order valence-electron chi connectivity index (χ3n) is 3.68. The third-order valence-corrected chi connectivity index (χ3v) is 3.68. The summed E-state index contributed by atoms with van der Waals surface area (Å²) in [5, 5.41) is 6.10. The van der Waals surface area contributed by atoms with Gasteiger partial charge in [-0.3, -0.25) is 4.79 Å². The van der Waals surface area contributed by atoms with Crippen molar-refractivity contribution in [2.24, 2.45) is 0 Å². The topological polar surface area (TPSA) is 72.5 Å². The molecule has 0 aliphatic heterocycles. The first-order valence-corrected chi connectivity index (χ1v) is 7.83. The van der Waals surface area contributed by atoms with Crippen LogP contribution in [0.4, 0.5) is 11.5 Å². The molecule has 1 aromatic heterocycles. The Labute approximate surface area is 142 Å². The Kier molecular flexibility index (Phi) is 6.01. The molecule has 0 spiro atoms. The van der Waals surface area contributed by atoms with Gasteiger partial charge in [0, 0.05) is 23.9 Å². The number of nitrogens with one attached hydrogen (secondary N) is 2. The summed E-state index contributed by atoms with van der Waals surface area (Å²) in [5.74, 6) is 1.78. The van der Waals surface area contributed by atoms with Gasteiger partial charge in [-0.05, 0) is 37.6 Å². The molecule has 6 heteroatoms. The standard InChI is InChI=1S/C18H23N3O3/c1-5-12(2)20-18(22)13-8-9-19-17(10-13)21-15-7-6-14(23-3)11-16(15)24-4/h6-12H,5H2,1-4H3,(H,19,21)(H,20,22). The van der Waals surface area contributed by atoms with Gasteiger partial charge < -0.3 is 20.1 Å². The predicted octanol–water partition coefficient (Wildman–Crippen LogP) is 3.37. The lowest BCUT2D eigenvalue weighted by Gasteiger charge is -2.14. The molecular formula is C18H23N3O3. The van der Waals surface area contributed by atoms with Crippen molar-refractivity contribution in [2.45, 2.75) is 26.3 Å². The molecule has 1 heterocycles. The van der Waals surface area contributed by atoms with E-state index >= 15 is 0 Å². The molecule has 24 heavy (non-hydrogen) atoms. The molecular weight excluding hydrogens is 306 g/mol. The summed E-state index contributed by atoms with van der Waals surface area (Å²) in [4.78, 5) is 16.5. The zero-order chi connectivity index (χ0) is 17.5. The molecule has 1 atom stereocenters. The quantitative estimate of drug-likeness (QED) is 0.815. The lowest BCUT2D eigenvalue weighted by molar-refractivity contribution is 0.0939. The molecule has 0 saturated carbocycles. The van der Waals surface area contributed by atoms with Crippen LogP contribution in [0.1, 0.15) is 30.6 Å². The maximum atomic E-state index is 12.2. The molecule has 2 N–H and O–H groups in total. The Bertz CT molecular complexity index is 704. The maximum absolute atomic E-state index is 12.2. The van der Waals surface area contributed by atoms with E-state index in [2.05, 4.69) is 15.6 Å². The molecule has 0 radical (unpaired) electrons. The number of anilines is 2. The van der Waals surface area contributed by atoms with Gasteiger partial charge in [-0.1, -0.05) is 6.92 Å². The summed E-state index contributed by atoms with van der Waals surface area (Å²) >= 11 is 0. The molecule has 0 aliphatic rings. The molecule has 6 nitrogen and oxygen atoms in total. The van der Waals surface area contributed by atoms with Gasteiger partial charge in [-0.2, -0.15) is 0 Å².